The van der Waals surface area contributed by atoms with Crippen LogP contribution in [0.1, 0.15) is 52.7 Å². The molecule has 0 atom stereocenters. The molecule has 0 radical (unpaired) electrons. The van der Waals surface area contributed by atoms with Gasteiger partial charge in [-0.05, 0) is 46.2 Å². The Bertz CT molecular complexity index is 1380. The number of hydrogen-bond acceptors (Lipinski definition) is 0. The van der Waals surface area contributed by atoms with Gasteiger partial charge in [-0.25, -0.2) is 18.3 Å². The molecule has 2 aromatic carbocycles. The van der Waals surface area contributed by atoms with Crippen LogP contribution in [0.3, 0.4) is 0 Å². The molecule has 0 aliphatic heterocycles. The molecule has 0 saturated heterocycles. The van der Waals surface area contributed by atoms with Gasteiger partial charge in [0.1, 0.15) is 24.8 Å². The summed E-state index contributed by atoms with van der Waals surface area (Å²) in [7, 11) is 4.12. The van der Waals surface area contributed by atoms with Crippen molar-refractivity contribution in [2.24, 2.45) is 14.1 Å². The molecule has 0 saturated carbocycles. The zero-order valence-electron chi connectivity index (χ0n) is 21.1. The molecule has 0 aliphatic rings. The number of aryl methyl sites for hydroxylation is 2. The maximum atomic E-state index is 3.83. The molecule has 0 spiro atoms. The van der Waals surface area contributed by atoms with Crippen LogP contribution in [0, 0.1) is 0 Å². The van der Waals surface area contributed by atoms with E-state index in [4.69, 9.17) is 0 Å². The monoisotopic (exact) mass is 441 g/mol. The summed E-state index contributed by atoms with van der Waals surface area (Å²) < 4.78 is 8.60. The van der Waals surface area contributed by atoms with Gasteiger partial charge >= 0.3 is 0 Å². The molecular formula is C28H35N5+2. The Balaban J connectivity index is 1.94. The largest absolute Gasteiger partial charge is 0.348 e. The average Bonchev–Trinajstić information content (AvgIpc) is 3.43. The minimum absolute atomic E-state index is 0.0422. The highest BCUT2D eigenvalue weighted by Crippen LogP contribution is 2.39. The van der Waals surface area contributed by atoms with Crippen LogP contribution in [0.15, 0.2) is 61.7 Å². The molecule has 5 aromatic rings. The highest BCUT2D eigenvalue weighted by Gasteiger charge is 2.25. The van der Waals surface area contributed by atoms with Crippen molar-refractivity contribution in [2.45, 2.75) is 52.4 Å². The van der Waals surface area contributed by atoms with Crippen LogP contribution < -0.4 is 9.13 Å². The molecule has 5 heteroatoms. The zero-order valence-corrected chi connectivity index (χ0v) is 21.1. The number of nitrogens with zero attached hydrogens (tertiary/aromatic N) is 4. The second-order valence-electron chi connectivity index (χ2n) is 11.4. The van der Waals surface area contributed by atoms with Gasteiger partial charge in [-0.2, -0.15) is 0 Å². The number of fused-ring (bicyclic) bond motifs is 3. The fourth-order valence-electron chi connectivity index (χ4n) is 4.52. The predicted molar refractivity (Wildman–Crippen MR) is 134 cm³/mol. The van der Waals surface area contributed by atoms with E-state index in [1.165, 1.54) is 33.3 Å². The lowest BCUT2D eigenvalue weighted by molar-refractivity contribution is -0.670. The Morgan fingerprint density at radius 1 is 0.636 bits per heavy atom. The zero-order chi connectivity index (χ0) is 23.7. The van der Waals surface area contributed by atoms with Crippen molar-refractivity contribution in [1.82, 2.24) is 14.1 Å². The quantitative estimate of drug-likeness (QED) is 0.368. The van der Waals surface area contributed by atoms with Crippen molar-refractivity contribution in [2.75, 3.05) is 0 Å². The first-order valence-electron chi connectivity index (χ1n) is 11.6. The summed E-state index contributed by atoms with van der Waals surface area (Å²) in [5.41, 5.74) is 7.43. The lowest BCUT2D eigenvalue weighted by atomic mass is 9.84. The van der Waals surface area contributed by atoms with Gasteiger partial charge in [-0.1, -0.05) is 41.5 Å². The Hall–Kier alpha value is -3.34. The fourth-order valence-corrected chi connectivity index (χ4v) is 4.52. The van der Waals surface area contributed by atoms with Gasteiger partial charge in [0.25, 0.3) is 0 Å². The summed E-state index contributed by atoms with van der Waals surface area (Å²) >= 11 is 0. The van der Waals surface area contributed by atoms with Crippen molar-refractivity contribution in [3.63, 3.8) is 0 Å². The van der Waals surface area contributed by atoms with Gasteiger partial charge in [0, 0.05) is 10.8 Å². The third-order valence-electron chi connectivity index (χ3n) is 6.60. The van der Waals surface area contributed by atoms with E-state index in [1.54, 1.807) is 0 Å². The van der Waals surface area contributed by atoms with E-state index in [2.05, 4.69) is 141 Å². The maximum absolute atomic E-state index is 3.83. The SMILES string of the molecule is C[n+]1ccn(-c2cc(C(C)(C)C)cc3c2[nH]c2c(-n4cc[n+](C)c4)cc(C(C)(C)C)cc23)c1. The van der Waals surface area contributed by atoms with E-state index < -0.39 is 0 Å². The van der Waals surface area contributed by atoms with Gasteiger partial charge in [0.05, 0.1) is 25.1 Å². The van der Waals surface area contributed by atoms with Crippen LogP contribution in [0.5, 0.6) is 0 Å². The van der Waals surface area contributed by atoms with Crippen LogP contribution in [0.25, 0.3) is 33.2 Å². The minimum atomic E-state index is 0.0422. The van der Waals surface area contributed by atoms with E-state index in [1.807, 2.05) is 0 Å². The molecule has 5 nitrogen and oxygen atoms in total. The summed E-state index contributed by atoms with van der Waals surface area (Å²) in [6.07, 6.45) is 12.7. The van der Waals surface area contributed by atoms with Crippen molar-refractivity contribution in [3.8, 4) is 11.4 Å². The minimum Gasteiger partial charge on any atom is -0.348 e. The molecule has 33 heavy (non-hydrogen) atoms. The second-order valence-corrected chi connectivity index (χ2v) is 11.4. The van der Waals surface area contributed by atoms with Gasteiger partial charge in [-0.15, -0.1) is 0 Å². The molecule has 170 valence electrons. The van der Waals surface area contributed by atoms with Gasteiger partial charge in [0.15, 0.2) is 11.4 Å². The average molecular weight is 442 g/mol. The third-order valence-corrected chi connectivity index (χ3v) is 6.60. The first-order valence-corrected chi connectivity index (χ1v) is 11.6. The number of imidazole rings is 2. The van der Waals surface area contributed by atoms with Crippen molar-refractivity contribution in [3.05, 3.63) is 72.8 Å². The van der Waals surface area contributed by atoms with E-state index in [-0.39, 0.29) is 10.8 Å². The van der Waals surface area contributed by atoms with Crippen LogP contribution in [-0.4, -0.2) is 14.1 Å². The maximum Gasteiger partial charge on any atom is 0.248 e. The van der Waals surface area contributed by atoms with Crippen molar-refractivity contribution in [1.29, 1.82) is 0 Å². The van der Waals surface area contributed by atoms with E-state index in [0.717, 1.165) is 11.0 Å². The smallest absolute Gasteiger partial charge is 0.248 e. The first-order chi connectivity index (χ1) is 15.4. The van der Waals surface area contributed by atoms with Gasteiger partial charge in [0.2, 0.25) is 12.7 Å². The number of aromatic nitrogens is 5. The highest BCUT2D eigenvalue weighted by molar-refractivity contribution is 6.12. The van der Waals surface area contributed by atoms with Crippen molar-refractivity contribution < 1.29 is 9.13 Å². The van der Waals surface area contributed by atoms with Crippen LogP contribution in [0.2, 0.25) is 0 Å². The number of hydrogen-bond donors (Lipinski definition) is 1. The molecular weight excluding hydrogens is 406 g/mol. The Kier molecular flexibility index (Phi) is 4.61. The topological polar surface area (TPSA) is 33.4 Å². The van der Waals surface area contributed by atoms with E-state index >= 15 is 0 Å². The number of benzene rings is 2. The molecule has 3 aromatic heterocycles. The second kappa shape index (κ2) is 7.08. The molecule has 3 heterocycles. The third kappa shape index (κ3) is 3.65. The molecule has 0 aliphatic carbocycles. The highest BCUT2D eigenvalue weighted by atomic mass is 15.1. The number of nitrogens with one attached hydrogen (secondary N) is 1. The Labute approximate surface area is 195 Å². The molecule has 1 N–H and O–H groups in total. The molecule has 0 bridgehead atoms. The normalized spacial score (nSPS) is 12.8. The Morgan fingerprint density at radius 3 is 1.33 bits per heavy atom. The van der Waals surface area contributed by atoms with Crippen molar-refractivity contribution >= 4 is 21.8 Å². The van der Waals surface area contributed by atoms with E-state index in [9.17, 15) is 0 Å². The number of rotatable bonds is 2. The molecule has 0 amide bonds. The summed E-state index contributed by atoms with van der Waals surface area (Å²) in [5, 5.41) is 2.54. The van der Waals surface area contributed by atoms with Crippen LogP contribution >= 0.6 is 0 Å². The summed E-state index contributed by atoms with van der Waals surface area (Å²) in [6, 6.07) is 9.43. The molecule has 5 rings (SSSR count). The summed E-state index contributed by atoms with van der Waals surface area (Å²) in [4.78, 5) is 3.83. The summed E-state index contributed by atoms with van der Waals surface area (Å²) in [5.74, 6) is 0. The Morgan fingerprint density at radius 2 is 1.03 bits per heavy atom. The lowest BCUT2D eigenvalue weighted by Crippen LogP contribution is -2.23. The predicted octanol–water partition coefficient (Wildman–Crippen LogP) is 5.15. The first kappa shape index (κ1) is 21.5. The van der Waals surface area contributed by atoms with Crippen LogP contribution in [0.4, 0.5) is 0 Å². The number of H-pyrrole nitrogens is 1. The van der Waals surface area contributed by atoms with Crippen LogP contribution in [-0.2, 0) is 24.9 Å². The molecule has 0 fully saturated rings. The fraction of sp³-hybridized carbons (Fsp3) is 0.357. The summed E-state index contributed by atoms with van der Waals surface area (Å²) in [6.45, 7) is 13.7. The number of aromatic amines is 1. The lowest BCUT2D eigenvalue weighted by Gasteiger charge is -2.20. The molecule has 0 unspecified atom stereocenters. The van der Waals surface area contributed by atoms with Gasteiger partial charge < -0.3 is 4.98 Å². The van der Waals surface area contributed by atoms with E-state index in [0.29, 0.717) is 0 Å². The van der Waals surface area contributed by atoms with Gasteiger partial charge in [-0.3, -0.25) is 0 Å². The standard InChI is InChI=1S/C28H35N5/c1-27(2,3)19-13-21-22-14-20(28(4,5)6)16-24(33-12-10-31(8)18-33)26(22)29-25(21)23(15-19)32-11-9-30(7)17-32/h9-18,29H,1-8H3/q+2.